The van der Waals surface area contributed by atoms with Gasteiger partial charge in [0.25, 0.3) is 20.2 Å². The van der Waals surface area contributed by atoms with Gasteiger partial charge in [-0.15, -0.1) is 0 Å². The van der Waals surface area contributed by atoms with Crippen LogP contribution in [0.25, 0.3) is 0 Å². The molecule has 0 N–H and O–H groups in total. The van der Waals surface area contributed by atoms with Crippen LogP contribution in [0.2, 0.25) is 0 Å². The Morgan fingerprint density at radius 1 is 0.633 bits per heavy atom. The molecule has 0 amide bonds. The maximum Gasteiger partial charge on any atom is 0.264 e. The highest BCUT2D eigenvalue weighted by Crippen LogP contribution is 2.14. The highest BCUT2D eigenvalue weighted by atomic mass is 32.2. The highest BCUT2D eigenvalue weighted by molar-refractivity contribution is 7.86. The predicted molar refractivity (Wildman–Crippen MR) is 112 cm³/mol. The maximum atomic E-state index is 11.7. The van der Waals surface area contributed by atoms with Crippen LogP contribution in [0.3, 0.4) is 0 Å². The van der Waals surface area contributed by atoms with E-state index in [1.54, 1.807) is 0 Å². The Balaban J connectivity index is 2.07. The summed E-state index contributed by atoms with van der Waals surface area (Å²) < 4.78 is 68.1. The van der Waals surface area contributed by atoms with Crippen LogP contribution in [0.15, 0.2) is 60.7 Å². The molecule has 0 spiro atoms. The summed E-state index contributed by atoms with van der Waals surface area (Å²) in [4.78, 5) is 0. The number of benzene rings is 2. The summed E-state index contributed by atoms with van der Waals surface area (Å²) >= 11 is 0. The van der Waals surface area contributed by atoms with Gasteiger partial charge >= 0.3 is 0 Å². The molecule has 2 aromatic carbocycles. The molecule has 30 heavy (non-hydrogen) atoms. The van der Waals surface area contributed by atoms with Crippen LogP contribution < -0.4 is 0 Å². The van der Waals surface area contributed by atoms with Crippen molar-refractivity contribution in [2.24, 2.45) is 0 Å². The van der Waals surface area contributed by atoms with Gasteiger partial charge in [0.05, 0.1) is 38.9 Å². The molecule has 10 heteroatoms. The first-order valence-corrected chi connectivity index (χ1v) is 12.8. The second-order valence-corrected chi connectivity index (χ2v) is 9.88. The molecule has 0 heterocycles. The maximum absolute atomic E-state index is 11.7. The lowest BCUT2D eigenvalue weighted by Gasteiger charge is -2.25. The summed E-state index contributed by atoms with van der Waals surface area (Å²) in [6.07, 6.45) is -0.678. The molecule has 2 atom stereocenters. The van der Waals surface area contributed by atoms with Crippen LogP contribution in [0, 0.1) is 0 Å². The van der Waals surface area contributed by atoms with Crippen LogP contribution in [0.1, 0.15) is 11.1 Å². The molecule has 2 aromatic rings. The topological polar surface area (TPSA) is 105 Å². The van der Waals surface area contributed by atoms with Gasteiger partial charge in [-0.25, -0.2) is 0 Å². The first kappa shape index (κ1) is 24.4. The molecule has 8 nitrogen and oxygen atoms in total. The third-order valence-electron chi connectivity index (χ3n) is 3.80. The van der Waals surface area contributed by atoms with Crippen LogP contribution in [0.4, 0.5) is 0 Å². The standard InChI is InChI=1S/C20H26O8S2/c1-29(21,22)27-19(15-25-13-17-9-5-3-6-10-17)20(28-30(2,23)24)16-26-14-18-11-7-4-8-12-18/h3-12,19-20H,13-16H2,1-2H3. The van der Waals surface area contributed by atoms with Crippen LogP contribution in [-0.4, -0.2) is 54.8 Å². The summed E-state index contributed by atoms with van der Waals surface area (Å²) in [5.74, 6) is 0. The molecule has 0 aliphatic carbocycles. The first-order chi connectivity index (χ1) is 14.1. The molecular formula is C20H26O8S2. The summed E-state index contributed by atoms with van der Waals surface area (Å²) in [5.41, 5.74) is 1.74. The molecule has 0 fully saturated rings. The molecule has 0 aliphatic rings. The van der Waals surface area contributed by atoms with Crippen LogP contribution in [0.5, 0.6) is 0 Å². The number of rotatable bonds is 13. The van der Waals surface area contributed by atoms with Gasteiger partial charge in [0.2, 0.25) is 0 Å². The molecule has 166 valence electrons. The van der Waals surface area contributed by atoms with E-state index in [0.29, 0.717) is 0 Å². The van der Waals surface area contributed by atoms with E-state index >= 15 is 0 Å². The van der Waals surface area contributed by atoms with Crippen molar-refractivity contribution in [1.82, 2.24) is 0 Å². The minimum Gasteiger partial charge on any atom is -0.374 e. The zero-order valence-corrected chi connectivity index (χ0v) is 18.5. The fourth-order valence-electron chi connectivity index (χ4n) is 2.58. The van der Waals surface area contributed by atoms with Crippen molar-refractivity contribution in [3.05, 3.63) is 71.8 Å². The van der Waals surface area contributed by atoms with Gasteiger partial charge in [-0.2, -0.15) is 16.8 Å². The van der Waals surface area contributed by atoms with E-state index in [4.69, 9.17) is 17.8 Å². The molecule has 0 saturated carbocycles. The van der Waals surface area contributed by atoms with E-state index in [1.165, 1.54) is 0 Å². The van der Waals surface area contributed by atoms with E-state index in [2.05, 4.69) is 0 Å². The Morgan fingerprint density at radius 3 is 1.27 bits per heavy atom. The molecule has 0 aromatic heterocycles. The number of hydrogen-bond acceptors (Lipinski definition) is 8. The fourth-order valence-corrected chi connectivity index (χ4v) is 3.83. The fraction of sp³-hybridized carbons (Fsp3) is 0.400. The molecule has 0 radical (unpaired) electrons. The third-order valence-corrected chi connectivity index (χ3v) is 4.99. The van der Waals surface area contributed by atoms with E-state index in [1.807, 2.05) is 60.7 Å². The van der Waals surface area contributed by atoms with Gasteiger partial charge in [0, 0.05) is 0 Å². The quantitative estimate of drug-likeness (QED) is 0.420. The Bertz CT molecular complexity index is 879. The lowest BCUT2D eigenvalue weighted by Crippen LogP contribution is -2.41. The first-order valence-electron chi connectivity index (χ1n) is 9.12. The molecule has 0 aliphatic heterocycles. The van der Waals surface area contributed by atoms with Gasteiger partial charge in [-0.05, 0) is 11.1 Å². The van der Waals surface area contributed by atoms with E-state index in [-0.39, 0.29) is 26.4 Å². The lowest BCUT2D eigenvalue weighted by molar-refractivity contribution is -0.0494. The van der Waals surface area contributed by atoms with E-state index < -0.39 is 32.4 Å². The average Bonchev–Trinajstić information content (AvgIpc) is 2.66. The van der Waals surface area contributed by atoms with Crippen molar-refractivity contribution >= 4 is 20.2 Å². The van der Waals surface area contributed by atoms with Gasteiger partial charge < -0.3 is 9.47 Å². The largest absolute Gasteiger partial charge is 0.374 e. The van der Waals surface area contributed by atoms with Gasteiger partial charge in [-0.1, -0.05) is 60.7 Å². The summed E-state index contributed by atoms with van der Waals surface area (Å²) in [7, 11) is -7.81. The minimum absolute atomic E-state index is 0.195. The molecule has 0 saturated heterocycles. The third kappa shape index (κ3) is 10.3. The minimum atomic E-state index is -3.91. The average molecular weight is 459 g/mol. The smallest absolute Gasteiger partial charge is 0.264 e. The Hall–Kier alpha value is -1.82. The molecule has 2 rings (SSSR count). The second kappa shape index (κ2) is 11.5. The lowest BCUT2D eigenvalue weighted by atomic mass is 10.2. The van der Waals surface area contributed by atoms with Gasteiger partial charge in [0.1, 0.15) is 12.2 Å². The van der Waals surface area contributed by atoms with Gasteiger partial charge in [0.15, 0.2) is 0 Å². The van der Waals surface area contributed by atoms with Crippen LogP contribution in [-0.2, 0) is 51.3 Å². The van der Waals surface area contributed by atoms with Crippen molar-refractivity contribution in [3.63, 3.8) is 0 Å². The second-order valence-electron chi connectivity index (χ2n) is 6.68. The number of hydrogen-bond donors (Lipinski definition) is 0. The van der Waals surface area contributed by atoms with Crippen molar-refractivity contribution in [1.29, 1.82) is 0 Å². The van der Waals surface area contributed by atoms with Crippen molar-refractivity contribution in [2.45, 2.75) is 25.4 Å². The van der Waals surface area contributed by atoms with Crippen LogP contribution >= 0.6 is 0 Å². The summed E-state index contributed by atoms with van der Waals surface area (Å²) in [6, 6.07) is 18.5. The van der Waals surface area contributed by atoms with Crippen molar-refractivity contribution in [3.8, 4) is 0 Å². The summed E-state index contributed by atoms with van der Waals surface area (Å²) in [6.45, 7) is -0.0322. The van der Waals surface area contributed by atoms with E-state index in [0.717, 1.165) is 23.6 Å². The van der Waals surface area contributed by atoms with Gasteiger partial charge in [-0.3, -0.25) is 8.37 Å². The Labute approximate surface area is 178 Å². The zero-order chi connectivity index (χ0) is 22.0. The van der Waals surface area contributed by atoms with Crippen molar-refractivity contribution in [2.75, 3.05) is 25.7 Å². The molecular weight excluding hydrogens is 432 g/mol. The zero-order valence-electron chi connectivity index (χ0n) is 16.8. The summed E-state index contributed by atoms with van der Waals surface area (Å²) in [5, 5.41) is 0. The van der Waals surface area contributed by atoms with E-state index in [9.17, 15) is 16.8 Å². The Morgan fingerprint density at radius 2 is 0.967 bits per heavy atom. The molecule has 2 unspecified atom stereocenters. The van der Waals surface area contributed by atoms with Crippen molar-refractivity contribution < 1.29 is 34.7 Å². The highest BCUT2D eigenvalue weighted by Gasteiger charge is 2.31. The normalized spacial score (nSPS) is 14.3. The Kier molecular flexibility index (Phi) is 9.40. The number of ether oxygens (including phenoxy) is 2. The monoisotopic (exact) mass is 458 g/mol. The molecule has 0 bridgehead atoms. The SMILES string of the molecule is CS(=O)(=O)OC(COCc1ccccc1)C(COCc1ccccc1)OS(C)(=O)=O. The predicted octanol–water partition coefficient (Wildman–Crippen LogP) is 2.11.